The maximum atomic E-state index is 2.40. The first-order chi connectivity index (χ1) is 7.12. The van der Waals surface area contributed by atoms with Gasteiger partial charge in [-0.05, 0) is 24.7 Å². The summed E-state index contributed by atoms with van der Waals surface area (Å²) in [5.41, 5.74) is 0.468. The second-order valence-electron chi connectivity index (χ2n) is 7.70. The Kier molecular flexibility index (Phi) is 4.43. The molecule has 1 aliphatic rings. The van der Waals surface area contributed by atoms with E-state index < -0.39 is 0 Å². The predicted octanol–water partition coefficient (Wildman–Crippen LogP) is 5.66. The lowest BCUT2D eigenvalue weighted by atomic mass is 9.77. The van der Waals surface area contributed by atoms with Crippen molar-refractivity contribution in [1.29, 1.82) is 0 Å². The molecule has 0 amide bonds. The highest BCUT2D eigenvalue weighted by Crippen LogP contribution is 2.51. The van der Waals surface area contributed by atoms with Crippen molar-refractivity contribution >= 4 is 11.8 Å². The molecule has 16 heavy (non-hydrogen) atoms. The van der Waals surface area contributed by atoms with Crippen molar-refractivity contribution in [3.05, 3.63) is 0 Å². The average Bonchev–Trinajstić information content (AvgIpc) is 1.97. The standard InChI is InChI=1S/C15H30S/c1-13(2,3)12-15(16-14(4,5)6)10-8-7-9-11-15/h7-12H2,1-6H3. The SMILES string of the molecule is CC(C)(C)CC1(SC(C)(C)C)CCCCC1. The highest BCUT2D eigenvalue weighted by molar-refractivity contribution is 8.01. The Morgan fingerprint density at radius 2 is 1.38 bits per heavy atom. The van der Waals surface area contributed by atoms with E-state index in [0.29, 0.717) is 14.9 Å². The third kappa shape index (κ3) is 5.12. The fourth-order valence-electron chi connectivity index (χ4n) is 3.13. The van der Waals surface area contributed by atoms with Crippen LogP contribution in [-0.4, -0.2) is 9.49 Å². The summed E-state index contributed by atoms with van der Waals surface area (Å²) in [6.45, 7) is 14.3. The van der Waals surface area contributed by atoms with Gasteiger partial charge in [0.2, 0.25) is 0 Å². The van der Waals surface area contributed by atoms with E-state index in [1.807, 2.05) is 0 Å². The molecule has 0 aromatic carbocycles. The maximum absolute atomic E-state index is 2.40. The molecule has 0 spiro atoms. The summed E-state index contributed by atoms with van der Waals surface area (Å²) >= 11 is 2.25. The lowest BCUT2D eigenvalue weighted by Crippen LogP contribution is -2.36. The summed E-state index contributed by atoms with van der Waals surface area (Å²) < 4.78 is 0.970. The Balaban J connectivity index is 2.75. The maximum Gasteiger partial charge on any atom is 0.0170 e. The van der Waals surface area contributed by atoms with E-state index in [1.54, 1.807) is 0 Å². The van der Waals surface area contributed by atoms with Gasteiger partial charge in [0.15, 0.2) is 0 Å². The van der Waals surface area contributed by atoms with E-state index in [-0.39, 0.29) is 0 Å². The van der Waals surface area contributed by atoms with Gasteiger partial charge in [-0.2, -0.15) is 0 Å². The summed E-state index contributed by atoms with van der Waals surface area (Å²) in [6, 6.07) is 0. The van der Waals surface area contributed by atoms with Gasteiger partial charge in [-0.1, -0.05) is 60.8 Å². The lowest BCUT2D eigenvalue weighted by molar-refractivity contribution is 0.267. The van der Waals surface area contributed by atoms with Crippen LogP contribution >= 0.6 is 11.8 Å². The number of hydrogen-bond donors (Lipinski definition) is 0. The van der Waals surface area contributed by atoms with Crippen LogP contribution in [0.3, 0.4) is 0 Å². The van der Waals surface area contributed by atoms with Crippen molar-refractivity contribution < 1.29 is 0 Å². The van der Waals surface area contributed by atoms with E-state index in [9.17, 15) is 0 Å². The third-order valence-electron chi connectivity index (χ3n) is 3.14. The molecule has 1 rings (SSSR count). The Labute approximate surface area is 107 Å². The summed E-state index contributed by atoms with van der Waals surface area (Å²) in [5.74, 6) is 0. The number of hydrogen-bond acceptors (Lipinski definition) is 1. The van der Waals surface area contributed by atoms with E-state index in [2.05, 4.69) is 53.3 Å². The zero-order chi connectivity index (χ0) is 12.4. The largest absolute Gasteiger partial charge is 0.149 e. The van der Waals surface area contributed by atoms with Crippen LogP contribution in [-0.2, 0) is 0 Å². The first-order valence-electron chi connectivity index (χ1n) is 6.82. The average molecular weight is 242 g/mol. The molecule has 0 heterocycles. The van der Waals surface area contributed by atoms with Gasteiger partial charge in [-0.3, -0.25) is 0 Å². The van der Waals surface area contributed by atoms with Crippen molar-refractivity contribution in [2.45, 2.75) is 89.6 Å². The molecule has 0 N–H and O–H groups in total. The Morgan fingerprint density at radius 3 is 1.75 bits per heavy atom. The molecule has 96 valence electrons. The molecule has 0 saturated heterocycles. The van der Waals surface area contributed by atoms with Gasteiger partial charge in [0.25, 0.3) is 0 Å². The van der Waals surface area contributed by atoms with Crippen molar-refractivity contribution in [2.75, 3.05) is 0 Å². The minimum atomic E-state index is 0.405. The fourth-order valence-corrected chi connectivity index (χ4v) is 5.42. The molecule has 1 fully saturated rings. The molecule has 0 aliphatic heterocycles. The first kappa shape index (κ1) is 14.4. The van der Waals surface area contributed by atoms with Gasteiger partial charge < -0.3 is 0 Å². The lowest BCUT2D eigenvalue weighted by Gasteiger charge is -2.44. The Morgan fingerprint density at radius 1 is 0.875 bits per heavy atom. The molecule has 0 radical (unpaired) electrons. The monoisotopic (exact) mass is 242 g/mol. The van der Waals surface area contributed by atoms with Crippen molar-refractivity contribution in [3.8, 4) is 0 Å². The second-order valence-corrected chi connectivity index (χ2v) is 9.99. The van der Waals surface area contributed by atoms with Gasteiger partial charge in [-0.15, -0.1) is 11.8 Å². The molecule has 0 bridgehead atoms. The minimum Gasteiger partial charge on any atom is -0.149 e. The quantitative estimate of drug-likeness (QED) is 0.602. The third-order valence-corrected chi connectivity index (χ3v) is 4.74. The molecular weight excluding hydrogens is 212 g/mol. The van der Waals surface area contributed by atoms with Gasteiger partial charge in [-0.25, -0.2) is 0 Å². The summed E-state index contributed by atoms with van der Waals surface area (Å²) in [7, 11) is 0. The molecule has 1 aliphatic carbocycles. The van der Waals surface area contributed by atoms with E-state index in [4.69, 9.17) is 0 Å². The van der Waals surface area contributed by atoms with Crippen LogP contribution < -0.4 is 0 Å². The molecule has 1 heteroatoms. The second kappa shape index (κ2) is 4.92. The first-order valence-corrected chi connectivity index (χ1v) is 7.64. The van der Waals surface area contributed by atoms with Gasteiger partial charge in [0.1, 0.15) is 0 Å². The smallest absolute Gasteiger partial charge is 0.0170 e. The van der Waals surface area contributed by atoms with Crippen molar-refractivity contribution in [1.82, 2.24) is 0 Å². The Hall–Kier alpha value is 0.350. The Bertz CT molecular complexity index is 193. The molecule has 0 unspecified atom stereocenters. The van der Waals surface area contributed by atoms with Gasteiger partial charge >= 0.3 is 0 Å². The van der Waals surface area contributed by atoms with Crippen LogP contribution in [0.15, 0.2) is 0 Å². The van der Waals surface area contributed by atoms with Crippen LogP contribution in [0.25, 0.3) is 0 Å². The van der Waals surface area contributed by atoms with Crippen LogP contribution in [0, 0.1) is 5.41 Å². The zero-order valence-electron chi connectivity index (χ0n) is 12.2. The van der Waals surface area contributed by atoms with Crippen LogP contribution in [0.2, 0.25) is 0 Å². The molecule has 1 saturated carbocycles. The topological polar surface area (TPSA) is 0 Å². The molecule has 0 atom stereocenters. The normalized spacial score (nSPS) is 22.1. The fraction of sp³-hybridized carbons (Fsp3) is 1.00. The highest BCUT2D eigenvalue weighted by atomic mass is 32.2. The van der Waals surface area contributed by atoms with E-state index in [0.717, 1.165) is 0 Å². The van der Waals surface area contributed by atoms with E-state index in [1.165, 1.54) is 38.5 Å². The zero-order valence-corrected chi connectivity index (χ0v) is 13.0. The summed E-state index contributed by atoms with van der Waals surface area (Å²) in [5, 5.41) is 0. The van der Waals surface area contributed by atoms with Gasteiger partial charge in [0.05, 0.1) is 0 Å². The summed E-state index contributed by atoms with van der Waals surface area (Å²) in [4.78, 5) is 0. The van der Waals surface area contributed by atoms with Crippen LogP contribution in [0.1, 0.15) is 80.1 Å². The predicted molar refractivity (Wildman–Crippen MR) is 77.2 cm³/mol. The highest BCUT2D eigenvalue weighted by Gasteiger charge is 2.39. The summed E-state index contributed by atoms with van der Waals surface area (Å²) in [6.07, 6.45) is 8.59. The van der Waals surface area contributed by atoms with Crippen molar-refractivity contribution in [2.24, 2.45) is 5.41 Å². The van der Waals surface area contributed by atoms with Crippen LogP contribution in [0.5, 0.6) is 0 Å². The van der Waals surface area contributed by atoms with Crippen LogP contribution in [0.4, 0.5) is 0 Å². The molecular formula is C15H30S. The number of thioether (sulfide) groups is 1. The molecule has 0 aromatic heterocycles. The van der Waals surface area contributed by atoms with Gasteiger partial charge in [0, 0.05) is 9.49 Å². The van der Waals surface area contributed by atoms with E-state index >= 15 is 0 Å². The molecule has 0 aromatic rings. The van der Waals surface area contributed by atoms with Crippen molar-refractivity contribution in [3.63, 3.8) is 0 Å². The molecule has 0 nitrogen and oxygen atoms in total. The minimum absolute atomic E-state index is 0.405. The number of rotatable bonds is 2.